The topological polar surface area (TPSA) is 81.2 Å². The molecule has 0 radical (unpaired) electrons. The van der Waals surface area contributed by atoms with Crippen molar-refractivity contribution in [2.75, 3.05) is 38.3 Å². The van der Waals surface area contributed by atoms with Gasteiger partial charge in [-0.1, -0.05) is 11.6 Å². The molecule has 2 aromatic rings. The molecular formula is C25H34ClN3O5. The fraction of sp³-hybridized carbons (Fsp3) is 0.480. The highest BCUT2D eigenvalue weighted by Crippen LogP contribution is 2.23. The predicted octanol–water partition coefficient (Wildman–Crippen LogP) is 5.05. The minimum atomic E-state index is -0.642. The molecular weight excluding hydrogens is 458 g/mol. The lowest BCUT2D eigenvalue weighted by atomic mass is 10.1. The normalized spacial score (nSPS) is 11.3. The Kier molecular flexibility index (Phi) is 10.1. The van der Waals surface area contributed by atoms with Crippen LogP contribution in [-0.2, 0) is 9.47 Å². The van der Waals surface area contributed by atoms with Gasteiger partial charge in [0.1, 0.15) is 18.0 Å². The van der Waals surface area contributed by atoms with E-state index in [-0.39, 0.29) is 25.1 Å². The Morgan fingerprint density at radius 2 is 1.74 bits per heavy atom. The molecule has 2 rings (SSSR count). The minimum absolute atomic E-state index is 0.00579. The second kappa shape index (κ2) is 12.6. The van der Waals surface area contributed by atoms with Crippen molar-refractivity contribution < 1.29 is 23.8 Å². The largest absolute Gasteiger partial charge is 0.492 e. The van der Waals surface area contributed by atoms with Crippen LogP contribution in [0.2, 0.25) is 5.02 Å². The van der Waals surface area contributed by atoms with Crippen molar-refractivity contribution in [2.24, 2.45) is 0 Å². The molecule has 0 aliphatic rings. The summed E-state index contributed by atoms with van der Waals surface area (Å²) in [6, 6.07) is 8.34. The van der Waals surface area contributed by atoms with E-state index < -0.39 is 11.7 Å². The Morgan fingerprint density at radius 3 is 2.32 bits per heavy atom. The van der Waals surface area contributed by atoms with Crippen molar-refractivity contribution in [3.8, 4) is 5.75 Å². The number of pyridine rings is 1. The van der Waals surface area contributed by atoms with Crippen LogP contribution in [0.25, 0.3) is 0 Å². The van der Waals surface area contributed by atoms with Crippen LogP contribution >= 0.6 is 11.6 Å². The van der Waals surface area contributed by atoms with Crippen LogP contribution in [0.5, 0.6) is 5.75 Å². The van der Waals surface area contributed by atoms with E-state index in [2.05, 4.69) is 4.98 Å². The van der Waals surface area contributed by atoms with E-state index in [1.807, 2.05) is 34.6 Å². The summed E-state index contributed by atoms with van der Waals surface area (Å²) < 4.78 is 16.5. The molecule has 0 spiro atoms. The summed E-state index contributed by atoms with van der Waals surface area (Å²) in [6.45, 7) is 10.6. The number of methoxy groups -OCH3 is 1. The van der Waals surface area contributed by atoms with Gasteiger partial charge in [0, 0.05) is 42.7 Å². The second-order valence-corrected chi connectivity index (χ2v) is 9.38. The molecule has 9 heteroatoms. The van der Waals surface area contributed by atoms with Crippen LogP contribution in [-0.4, -0.2) is 66.9 Å². The third-order valence-corrected chi connectivity index (χ3v) is 4.93. The first-order valence-electron chi connectivity index (χ1n) is 11.2. The summed E-state index contributed by atoms with van der Waals surface area (Å²) in [7, 11) is 1.60. The number of hydrogen-bond acceptors (Lipinski definition) is 6. The van der Waals surface area contributed by atoms with Gasteiger partial charge in [-0.2, -0.15) is 0 Å². The molecule has 0 N–H and O–H groups in total. The Hall–Kier alpha value is -2.84. The average Bonchev–Trinajstić information content (AvgIpc) is 2.75. The van der Waals surface area contributed by atoms with Crippen molar-refractivity contribution in [1.29, 1.82) is 0 Å². The molecule has 1 aromatic carbocycles. The van der Waals surface area contributed by atoms with Crippen molar-refractivity contribution in [3.05, 3.63) is 53.3 Å². The number of anilines is 1. The molecule has 186 valence electrons. The lowest BCUT2D eigenvalue weighted by Gasteiger charge is -2.27. The summed E-state index contributed by atoms with van der Waals surface area (Å²) in [5.74, 6) is 0.275. The van der Waals surface area contributed by atoms with E-state index in [1.165, 1.54) is 4.90 Å². The Morgan fingerprint density at radius 1 is 1.06 bits per heavy atom. The van der Waals surface area contributed by atoms with E-state index in [0.717, 1.165) is 0 Å². The van der Waals surface area contributed by atoms with Gasteiger partial charge < -0.3 is 19.1 Å². The first kappa shape index (κ1) is 27.4. The molecule has 1 aromatic heterocycles. The van der Waals surface area contributed by atoms with Gasteiger partial charge in [-0.15, -0.1) is 0 Å². The van der Waals surface area contributed by atoms with Crippen LogP contribution in [0.3, 0.4) is 0 Å². The predicted molar refractivity (Wildman–Crippen MR) is 133 cm³/mol. The number of amides is 2. The van der Waals surface area contributed by atoms with Crippen molar-refractivity contribution in [3.63, 3.8) is 0 Å². The highest BCUT2D eigenvalue weighted by molar-refractivity contribution is 6.31. The highest BCUT2D eigenvalue weighted by Gasteiger charge is 2.24. The van der Waals surface area contributed by atoms with Gasteiger partial charge in [0.25, 0.3) is 5.91 Å². The van der Waals surface area contributed by atoms with Crippen molar-refractivity contribution in [2.45, 2.75) is 46.3 Å². The number of rotatable bonds is 10. The maximum absolute atomic E-state index is 13.1. The summed E-state index contributed by atoms with van der Waals surface area (Å²) in [5.41, 5.74) is 0.419. The zero-order valence-corrected chi connectivity index (χ0v) is 21.5. The lowest BCUT2D eigenvalue weighted by molar-refractivity contribution is 0.0574. The average molecular weight is 492 g/mol. The minimum Gasteiger partial charge on any atom is -0.492 e. The molecule has 2 amide bonds. The summed E-state index contributed by atoms with van der Waals surface area (Å²) in [6.07, 6.45) is 2.72. The molecule has 0 unspecified atom stereocenters. The SMILES string of the molecule is COCCN(C(=O)c1cc(Cl)cc(OCCN(C(=O)OC(C)(C)C)c2ccncc2)c1)C(C)C. The third-order valence-electron chi connectivity index (χ3n) is 4.71. The monoisotopic (exact) mass is 491 g/mol. The summed E-state index contributed by atoms with van der Waals surface area (Å²) in [5, 5.41) is 0.384. The molecule has 0 bridgehead atoms. The lowest BCUT2D eigenvalue weighted by Crippen LogP contribution is -2.39. The molecule has 0 saturated carbocycles. The smallest absolute Gasteiger partial charge is 0.414 e. The molecule has 0 aliphatic heterocycles. The fourth-order valence-corrected chi connectivity index (χ4v) is 3.37. The van der Waals surface area contributed by atoms with E-state index in [9.17, 15) is 9.59 Å². The first-order valence-corrected chi connectivity index (χ1v) is 11.5. The number of halogens is 1. The Bertz CT molecular complexity index is 947. The Balaban J connectivity index is 2.14. The number of carbonyl (C=O) groups excluding carboxylic acids is 2. The van der Waals surface area contributed by atoms with Crippen LogP contribution in [0.1, 0.15) is 45.0 Å². The fourth-order valence-electron chi connectivity index (χ4n) is 3.14. The quantitative estimate of drug-likeness (QED) is 0.462. The number of aromatic nitrogens is 1. The van der Waals surface area contributed by atoms with E-state index in [4.69, 9.17) is 25.8 Å². The second-order valence-electron chi connectivity index (χ2n) is 8.95. The molecule has 34 heavy (non-hydrogen) atoms. The number of benzene rings is 1. The highest BCUT2D eigenvalue weighted by atomic mass is 35.5. The van der Waals surface area contributed by atoms with Gasteiger partial charge in [-0.05, 0) is 65.0 Å². The Labute approximate surface area is 206 Å². The van der Waals surface area contributed by atoms with Crippen LogP contribution < -0.4 is 9.64 Å². The van der Waals surface area contributed by atoms with Crippen molar-refractivity contribution in [1.82, 2.24) is 9.88 Å². The number of carbonyl (C=O) groups is 2. The molecule has 0 aliphatic carbocycles. The molecule has 8 nitrogen and oxygen atoms in total. The zero-order valence-electron chi connectivity index (χ0n) is 20.7. The van der Waals surface area contributed by atoms with E-state index in [1.54, 1.807) is 54.7 Å². The third kappa shape index (κ3) is 8.50. The van der Waals surface area contributed by atoms with Gasteiger partial charge in [0.05, 0.1) is 18.8 Å². The van der Waals surface area contributed by atoms with Gasteiger partial charge in [-0.3, -0.25) is 14.7 Å². The zero-order chi connectivity index (χ0) is 25.3. The molecule has 0 saturated heterocycles. The maximum Gasteiger partial charge on any atom is 0.414 e. The molecule has 0 fully saturated rings. The molecule has 1 heterocycles. The first-order chi connectivity index (χ1) is 16.0. The van der Waals surface area contributed by atoms with Gasteiger partial charge in [-0.25, -0.2) is 4.79 Å². The van der Waals surface area contributed by atoms with Crippen LogP contribution in [0, 0.1) is 0 Å². The van der Waals surface area contributed by atoms with Gasteiger partial charge in [0.15, 0.2) is 0 Å². The van der Waals surface area contributed by atoms with Crippen molar-refractivity contribution >= 4 is 29.3 Å². The van der Waals surface area contributed by atoms with E-state index in [0.29, 0.717) is 35.2 Å². The standard InChI is InChI=1S/C25H34ClN3O5/c1-18(2)28(11-13-32-6)23(30)19-15-20(26)17-22(16-19)33-14-12-29(21-7-9-27-10-8-21)24(31)34-25(3,4)5/h7-10,15-18H,11-14H2,1-6H3. The van der Waals surface area contributed by atoms with Crippen LogP contribution in [0.4, 0.5) is 10.5 Å². The van der Waals surface area contributed by atoms with Gasteiger partial charge >= 0.3 is 6.09 Å². The van der Waals surface area contributed by atoms with Crippen LogP contribution in [0.15, 0.2) is 42.7 Å². The number of nitrogens with zero attached hydrogens (tertiary/aromatic N) is 3. The van der Waals surface area contributed by atoms with Gasteiger partial charge in [0.2, 0.25) is 0 Å². The van der Waals surface area contributed by atoms with E-state index >= 15 is 0 Å². The summed E-state index contributed by atoms with van der Waals surface area (Å²) in [4.78, 5) is 33.0. The summed E-state index contributed by atoms with van der Waals surface area (Å²) >= 11 is 6.28. The maximum atomic E-state index is 13.1. The number of ether oxygens (including phenoxy) is 3. The molecule has 0 atom stereocenters. The number of hydrogen-bond donors (Lipinski definition) is 0.